The summed E-state index contributed by atoms with van der Waals surface area (Å²) in [5.74, 6) is 5.19. The molecule has 0 aliphatic rings. The molecular formula is C17H14ClNO2. The lowest BCUT2D eigenvalue weighted by atomic mass is 10.0. The average molecular weight is 300 g/mol. The molecule has 0 atom stereocenters. The highest BCUT2D eigenvalue weighted by Crippen LogP contribution is 2.18. The van der Waals surface area contributed by atoms with Crippen LogP contribution < -0.4 is 5.32 Å². The Morgan fingerprint density at radius 2 is 2.05 bits per heavy atom. The predicted molar refractivity (Wildman–Crippen MR) is 84.5 cm³/mol. The number of aliphatic hydroxyl groups excluding tert-OH is 1. The molecule has 0 aromatic heterocycles. The maximum absolute atomic E-state index is 12.3. The molecule has 0 fully saturated rings. The van der Waals surface area contributed by atoms with Crippen LogP contribution in [-0.4, -0.2) is 17.6 Å². The molecule has 0 aliphatic carbocycles. The average Bonchev–Trinajstić information content (AvgIpc) is 2.46. The van der Waals surface area contributed by atoms with Crippen molar-refractivity contribution < 1.29 is 9.90 Å². The van der Waals surface area contributed by atoms with E-state index in [1.54, 1.807) is 36.4 Å². The Labute approximate surface area is 128 Å². The first-order valence-corrected chi connectivity index (χ1v) is 6.76. The highest BCUT2D eigenvalue weighted by molar-refractivity contribution is 6.31. The van der Waals surface area contributed by atoms with Gasteiger partial charge < -0.3 is 10.4 Å². The van der Waals surface area contributed by atoms with Crippen molar-refractivity contribution in [1.29, 1.82) is 0 Å². The van der Waals surface area contributed by atoms with E-state index in [0.717, 1.165) is 11.1 Å². The molecule has 0 saturated heterocycles. The summed E-state index contributed by atoms with van der Waals surface area (Å²) in [5, 5.41) is 12.1. The van der Waals surface area contributed by atoms with Crippen LogP contribution in [0.1, 0.15) is 21.5 Å². The summed E-state index contributed by atoms with van der Waals surface area (Å²) in [7, 11) is 0. The molecule has 0 unspecified atom stereocenters. The maximum atomic E-state index is 12.3. The lowest BCUT2D eigenvalue weighted by Crippen LogP contribution is -2.13. The number of carbonyl (C=O) groups excluding carboxylic acids is 1. The molecule has 106 valence electrons. The van der Waals surface area contributed by atoms with Crippen molar-refractivity contribution in [3.63, 3.8) is 0 Å². The van der Waals surface area contributed by atoms with Crippen molar-refractivity contribution in [2.45, 2.75) is 6.92 Å². The van der Waals surface area contributed by atoms with E-state index in [1.165, 1.54) is 0 Å². The second kappa shape index (κ2) is 6.94. The van der Waals surface area contributed by atoms with Crippen LogP contribution in [0.3, 0.4) is 0 Å². The molecule has 2 aromatic carbocycles. The molecule has 2 rings (SSSR count). The summed E-state index contributed by atoms with van der Waals surface area (Å²) in [5.41, 5.74) is 2.68. The van der Waals surface area contributed by atoms with Gasteiger partial charge in [0.15, 0.2) is 0 Å². The Morgan fingerprint density at radius 3 is 2.76 bits per heavy atom. The zero-order valence-corrected chi connectivity index (χ0v) is 12.2. The standard InChI is InChI=1S/C17H14ClNO2/c1-12-13(6-4-10-20)5-2-9-16(12)17(21)19-15-8-3-7-14(18)11-15/h2-3,5,7-9,11,20H,10H2,1H3,(H,19,21). The number of amides is 1. The van der Waals surface area contributed by atoms with E-state index in [9.17, 15) is 4.79 Å². The van der Waals surface area contributed by atoms with Gasteiger partial charge in [0.2, 0.25) is 0 Å². The van der Waals surface area contributed by atoms with E-state index in [4.69, 9.17) is 16.7 Å². The monoisotopic (exact) mass is 299 g/mol. The van der Waals surface area contributed by atoms with Crippen molar-refractivity contribution in [2.75, 3.05) is 11.9 Å². The van der Waals surface area contributed by atoms with Gasteiger partial charge in [-0.1, -0.05) is 35.6 Å². The Kier molecular flexibility index (Phi) is 4.99. The van der Waals surface area contributed by atoms with Crippen molar-refractivity contribution in [3.8, 4) is 11.8 Å². The molecule has 0 aliphatic heterocycles. The molecule has 0 radical (unpaired) electrons. The largest absolute Gasteiger partial charge is 0.384 e. The van der Waals surface area contributed by atoms with Gasteiger partial charge in [0.25, 0.3) is 5.91 Å². The fourth-order valence-electron chi connectivity index (χ4n) is 1.92. The number of hydrogen-bond acceptors (Lipinski definition) is 2. The highest BCUT2D eigenvalue weighted by Gasteiger charge is 2.11. The Bertz CT molecular complexity index is 729. The van der Waals surface area contributed by atoms with Gasteiger partial charge in [0, 0.05) is 21.8 Å². The van der Waals surface area contributed by atoms with Gasteiger partial charge in [0.1, 0.15) is 6.61 Å². The molecule has 0 saturated carbocycles. The van der Waals surface area contributed by atoms with Crippen LogP contribution in [0.25, 0.3) is 0 Å². The first-order chi connectivity index (χ1) is 10.1. The number of hydrogen-bond donors (Lipinski definition) is 2. The first-order valence-electron chi connectivity index (χ1n) is 6.38. The minimum atomic E-state index is -0.220. The molecule has 2 N–H and O–H groups in total. The zero-order chi connectivity index (χ0) is 15.2. The summed E-state index contributed by atoms with van der Waals surface area (Å²) in [6.07, 6.45) is 0. The number of rotatable bonds is 2. The Balaban J connectivity index is 2.27. The third-order valence-electron chi connectivity index (χ3n) is 2.96. The first kappa shape index (κ1) is 15.1. The number of nitrogens with one attached hydrogen (secondary N) is 1. The van der Waals surface area contributed by atoms with Crippen LogP contribution >= 0.6 is 11.6 Å². The molecular weight excluding hydrogens is 286 g/mol. The fraction of sp³-hybridized carbons (Fsp3) is 0.118. The van der Waals surface area contributed by atoms with E-state index in [1.807, 2.05) is 13.0 Å². The van der Waals surface area contributed by atoms with Crippen LogP contribution in [-0.2, 0) is 0 Å². The van der Waals surface area contributed by atoms with Crippen LogP contribution in [0, 0.1) is 18.8 Å². The summed E-state index contributed by atoms with van der Waals surface area (Å²) in [4.78, 5) is 12.3. The van der Waals surface area contributed by atoms with Crippen LogP contribution in [0.5, 0.6) is 0 Å². The predicted octanol–water partition coefficient (Wildman–Crippen LogP) is 3.24. The molecule has 3 nitrogen and oxygen atoms in total. The lowest BCUT2D eigenvalue weighted by molar-refractivity contribution is 0.102. The molecule has 0 heterocycles. The lowest BCUT2D eigenvalue weighted by Gasteiger charge is -2.09. The molecule has 0 spiro atoms. The third-order valence-corrected chi connectivity index (χ3v) is 3.20. The van der Waals surface area contributed by atoms with Crippen LogP contribution in [0.2, 0.25) is 5.02 Å². The van der Waals surface area contributed by atoms with E-state index in [2.05, 4.69) is 17.2 Å². The maximum Gasteiger partial charge on any atom is 0.255 e. The van der Waals surface area contributed by atoms with Gasteiger partial charge in [-0.25, -0.2) is 0 Å². The molecule has 1 amide bonds. The number of halogens is 1. The van der Waals surface area contributed by atoms with Gasteiger partial charge >= 0.3 is 0 Å². The second-order valence-electron chi connectivity index (χ2n) is 4.40. The minimum Gasteiger partial charge on any atom is -0.384 e. The van der Waals surface area contributed by atoms with Gasteiger partial charge in [-0.3, -0.25) is 4.79 Å². The van der Waals surface area contributed by atoms with Crippen molar-refractivity contribution >= 4 is 23.2 Å². The number of benzene rings is 2. The zero-order valence-electron chi connectivity index (χ0n) is 11.5. The van der Waals surface area contributed by atoms with Gasteiger partial charge in [-0.2, -0.15) is 0 Å². The Morgan fingerprint density at radius 1 is 1.29 bits per heavy atom. The van der Waals surface area contributed by atoms with E-state index >= 15 is 0 Å². The Hall–Kier alpha value is -2.28. The number of anilines is 1. The van der Waals surface area contributed by atoms with Crippen molar-refractivity contribution in [3.05, 3.63) is 64.2 Å². The minimum absolute atomic E-state index is 0.210. The van der Waals surface area contributed by atoms with Crippen LogP contribution in [0.4, 0.5) is 5.69 Å². The fourth-order valence-corrected chi connectivity index (χ4v) is 2.11. The van der Waals surface area contributed by atoms with Gasteiger partial charge in [0.05, 0.1) is 0 Å². The molecule has 21 heavy (non-hydrogen) atoms. The van der Waals surface area contributed by atoms with Crippen LogP contribution in [0.15, 0.2) is 42.5 Å². The summed E-state index contributed by atoms with van der Waals surface area (Å²) < 4.78 is 0. The molecule has 4 heteroatoms. The third kappa shape index (κ3) is 3.85. The van der Waals surface area contributed by atoms with E-state index in [0.29, 0.717) is 16.3 Å². The highest BCUT2D eigenvalue weighted by atomic mass is 35.5. The quantitative estimate of drug-likeness (QED) is 0.836. The summed E-state index contributed by atoms with van der Waals surface area (Å²) >= 11 is 5.89. The summed E-state index contributed by atoms with van der Waals surface area (Å²) in [6.45, 7) is 1.62. The van der Waals surface area contributed by atoms with E-state index < -0.39 is 0 Å². The van der Waals surface area contributed by atoms with E-state index in [-0.39, 0.29) is 12.5 Å². The molecule has 2 aromatic rings. The molecule has 0 bridgehead atoms. The second-order valence-corrected chi connectivity index (χ2v) is 4.84. The van der Waals surface area contributed by atoms with Crippen molar-refractivity contribution in [1.82, 2.24) is 0 Å². The van der Waals surface area contributed by atoms with Crippen molar-refractivity contribution in [2.24, 2.45) is 0 Å². The summed E-state index contributed by atoms with van der Waals surface area (Å²) in [6, 6.07) is 12.3. The number of aliphatic hydroxyl groups is 1. The normalized spacial score (nSPS) is 9.67. The smallest absolute Gasteiger partial charge is 0.255 e. The van der Waals surface area contributed by atoms with Gasteiger partial charge in [-0.15, -0.1) is 0 Å². The SMILES string of the molecule is Cc1c(C#CCO)cccc1C(=O)Nc1cccc(Cl)c1. The number of carbonyl (C=O) groups is 1. The topological polar surface area (TPSA) is 49.3 Å². The van der Waals surface area contributed by atoms with Gasteiger partial charge in [-0.05, 0) is 42.8 Å².